The van der Waals surface area contributed by atoms with Gasteiger partial charge >= 0.3 is 0 Å². The smallest absolute Gasteiger partial charge is 0.259 e. The number of anilines is 1. The summed E-state index contributed by atoms with van der Waals surface area (Å²) in [5, 5.41) is 9.86. The minimum absolute atomic E-state index is 0.195. The number of rotatable bonds is 4. The van der Waals surface area contributed by atoms with Crippen molar-refractivity contribution in [1.29, 1.82) is 0 Å². The molecule has 1 heterocycles. The van der Waals surface area contributed by atoms with E-state index in [-0.39, 0.29) is 5.91 Å². The zero-order valence-corrected chi connectivity index (χ0v) is 15.4. The van der Waals surface area contributed by atoms with Gasteiger partial charge in [0.25, 0.3) is 5.91 Å². The zero-order valence-electron chi connectivity index (χ0n) is 13.3. The maximum absolute atomic E-state index is 12.6. The molecular weight excluding hydrogens is 417 g/mol. The van der Waals surface area contributed by atoms with E-state index in [0.717, 1.165) is 26.1 Å². The van der Waals surface area contributed by atoms with Crippen LogP contribution in [0.2, 0.25) is 0 Å². The maximum atomic E-state index is 12.6. The Morgan fingerprint density at radius 3 is 2.62 bits per heavy atom. The van der Waals surface area contributed by atoms with E-state index in [2.05, 4.69) is 38.1 Å². The lowest BCUT2D eigenvalue weighted by Gasteiger charge is -2.09. The number of amides is 1. The normalized spacial score (nSPS) is 10.5. The minimum Gasteiger partial charge on any atom is -0.497 e. The summed E-state index contributed by atoms with van der Waals surface area (Å²) in [4.78, 5) is 12.6. The molecule has 6 heteroatoms. The molecule has 0 aliphatic rings. The lowest BCUT2D eigenvalue weighted by atomic mass is 10.1. The summed E-state index contributed by atoms with van der Waals surface area (Å²) >= 11 is 2.25. The molecule has 3 aromatic rings. The standard InChI is InChI=1S/C18H16IN3O2/c1-11-9-13(19)5-8-16(11)21-18(23)15-10-20-22-17(15)12-3-6-14(24-2)7-4-12/h3-10H,1-2H3,(H,20,22)(H,21,23). The Bertz CT molecular complexity index is 872. The van der Waals surface area contributed by atoms with Gasteiger partial charge in [-0.25, -0.2) is 0 Å². The van der Waals surface area contributed by atoms with Crippen LogP contribution in [0.25, 0.3) is 11.3 Å². The van der Waals surface area contributed by atoms with E-state index in [1.807, 2.05) is 49.4 Å². The van der Waals surface area contributed by atoms with Crippen molar-refractivity contribution in [1.82, 2.24) is 10.2 Å². The van der Waals surface area contributed by atoms with Gasteiger partial charge in [0, 0.05) is 14.8 Å². The fourth-order valence-corrected chi connectivity index (χ4v) is 3.04. The van der Waals surface area contributed by atoms with Gasteiger partial charge in [-0.15, -0.1) is 0 Å². The van der Waals surface area contributed by atoms with E-state index < -0.39 is 0 Å². The van der Waals surface area contributed by atoms with E-state index in [1.54, 1.807) is 7.11 Å². The largest absolute Gasteiger partial charge is 0.497 e. The van der Waals surface area contributed by atoms with Gasteiger partial charge in [-0.2, -0.15) is 5.10 Å². The number of hydrogen-bond donors (Lipinski definition) is 2. The molecule has 0 aliphatic heterocycles. The van der Waals surface area contributed by atoms with Gasteiger partial charge in [0.1, 0.15) is 5.75 Å². The zero-order chi connectivity index (χ0) is 17.1. The highest BCUT2D eigenvalue weighted by atomic mass is 127. The second-order valence-corrected chi connectivity index (χ2v) is 6.55. The first-order chi connectivity index (χ1) is 11.6. The number of aromatic nitrogens is 2. The third kappa shape index (κ3) is 3.43. The molecule has 0 aliphatic carbocycles. The van der Waals surface area contributed by atoms with E-state index in [9.17, 15) is 4.79 Å². The van der Waals surface area contributed by atoms with Gasteiger partial charge in [-0.1, -0.05) is 0 Å². The number of ether oxygens (including phenoxy) is 1. The highest BCUT2D eigenvalue weighted by Crippen LogP contribution is 2.25. The van der Waals surface area contributed by atoms with Crippen molar-refractivity contribution >= 4 is 34.2 Å². The van der Waals surface area contributed by atoms with Crippen molar-refractivity contribution in [3.05, 3.63) is 63.4 Å². The number of nitrogens with zero attached hydrogens (tertiary/aromatic N) is 1. The van der Waals surface area contributed by atoms with Gasteiger partial charge in [-0.3, -0.25) is 9.89 Å². The van der Waals surface area contributed by atoms with Crippen molar-refractivity contribution in [3.63, 3.8) is 0 Å². The summed E-state index contributed by atoms with van der Waals surface area (Å²) in [7, 11) is 1.62. The molecule has 3 rings (SSSR count). The topological polar surface area (TPSA) is 67.0 Å². The van der Waals surface area contributed by atoms with Crippen LogP contribution in [0.15, 0.2) is 48.7 Å². The van der Waals surface area contributed by atoms with Gasteiger partial charge in [0.05, 0.1) is 24.6 Å². The van der Waals surface area contributed by atoms with Gasteiger partial charge in [0.15, 0.2) is 0 Å². The maximum Gasteiger partial charge on any atom is 0.259 e. The first kappa shape index (κ1) is 16.5. The van der Waals surface area contributed by atoms with Gasteiger partial charge in [0.2, 0.25) is 0 Å². The summed E-state index contributed by atoms with van der Waals surface area (Å²) in [6.07, 6.45) is 1.54. The lowest BCUT2D eigenvalue weighted by molar-refractivity contribution is 0.102. The van der Waals surface area contributed by atoms with Crippen LogP contribution < -0.4 is 10.1 Å². The molecule has 0 bridgehead atoms. The number of methoxy groups -OCH3 is 1. The van der Waals surface area contributed by atoms with E-state index in [0.29, 0.717) is 11.3 Å². The van der Waals surface area contributed by atoms with Crippen LogP contribution in [0.1, 0.15) is 15.9 Å². The molecule has 1 aromatic heterocycles. The molecule has 24 heavy (non-hydrogen) atoms. The Morgan fingerprint density at radius 2 is 1.96 bits per heavy atom. The Labute approximate surface area is 153 Å². The average Bonchev–Trinajstić information content (AvgIpc) is 3.07. The Hall–Kier alpha value is -2.35. The third-order valence-corrected chi connectivity index (χ3v) is 4.37. The Balaban J connectivity index is 1.87. The fourth-order valence-electron chi connectivity index (χ4n) is 2.39. The third-order valence-electron chi connectivity index (χ3n) is 3.70. The van der Waals surface area contributed by atoms with Crippen LogP contribution in [0.3, 0.4) is 0 Å². The number of carbonyl (C=O) groups excluding carboxylic acids is 1. The average molecular weight is 433 g/mol. The number of halogens is 1. The highest BCUT2D eigenvalue weighted by Gasteiger charge is 2.16. The van der Waals surface area contributed by atoms with Crippen molar-refractivity contribution in [2.75, 3.05) is 12.4 Å². The summed E-state index contributed by atoms with van der Waals surface area (Å²) in [6, 6.07) is 13.4. The molecule has 0 saturated heterocycles. The predicted molar refractivity (Wildman–Crippen MR) is 102 cm³/mol. The summed E-state index contributed by atoms with van der Waals surface area (Å²) in [5.74, 6) is 0.567. The molecule has 0 saturated carbocycles. The van der Waals surface area contributed by atoms with Crippen LogP contribution in [-0.2, 0) is 0 Å². The number of H-pyrrole nitrogens is 1. The number of aromatic amines is 1. The molecule has 2 aromatic carbocycles. The first-order valence-electron chi connectivity index (χ1n) is 7.34. The molecule has 2 N–H and O–H groups in total. The lowest BCUT2D eigenvalue weighted by Crippen LogP contribution is -2.13. The second-order valence-electron chi connectivity index (χ2n) is 5.30. The monoisotopic (exact) mass is 433 g/mol. The van der Waals surface area contributed by atoms with E-state index in [1.165, 1.54) is 6.20 Å². The summed E-state index contributed by atoms with van der Waals surface area (Å²) in [5.41, 5.74) is 3.86. The SMILES string of the molecule is COc1ccc(-c2[nH]ncc2C(=O)Nc2ccc(I)cc2C)cc1. The molecule has 0 radical (unpaired) electrons. The molecule has 122 valence electrons. The minimum atomic E-state index is -0.195. The Kier molecular flexibility index (Phi) is 4.84. The number of nitrogens with one attached hydrogen (secondary N) is 2. The molecule has 0 fully saturated rings. The number of carbonyl (C=O) groups is 1. The van der Waals surface area contributed by atoms with Crippen molar-refractivity contribution < 1.29 is 9.53 Å². The number of hydrogen-bond acceptors (Lipinski definition) is 3. The summed E-state index contributed by atoms with van der Waals surface area (Å²) < 4.78 is 6.29. The number of aryl methyl sites for hydroxylation is 1. The molecular formula is C18H16IN3O2. The first-order valence-corrected chi connectivity index (χ1v) is 8.41. The second kappa shape index (κ2) is 7.04. The van der Waals surface area contributed by atoms with Gasteiger partial charge in [-0.05, 0) is 77.5 Å². The molecule has 0 spiro atoms. The summed E-state index contributed by atoms with van der Waals surface area (Å²) in [6.45, 7) is 1.97. The van der Waals surface area contributed by atoms with Crippen molar-refractivity contribution in [2.45, 2.75) is 6.92 Å². The van der Waals surface area contributed by atoms with Crippen LogP contribution in [0.4, 0.5) is 5.69 Å². The quantitative estimate of drug-likeness (QED) is 0.605. The molecule has 0 atom stereocenters. The number of benzene rings is 2. The van der Waals surface area contributed by atoms with Crippen molar-refractivity contribution in [3.8, 4) is 17.0 Å². The fraction of sp³-hybridized carbons (Fsp3) is 0.111. The molecule has 1 amide bonds. The highest BCUT2D eigenvalue weighted by molar-refractivity contribution is 14.1. The molecule has 0 unspecified atom stereocenters. The Morgan fingerprint density at radius 1 is 1.21 bits per heavy atom. The molecule has 5 nitrogen and oxygen atoms in total. The van der Waals surface area contributed by atoms with E-state index >= 15 is 0 Å². The van der Waals surface area contributed by atoms with Crippen LogP contribution in [-0.4, -0.2) is 23.2 Å². The van der Waals surface area contributed by atoms with E-state index in [4.69, 9.17) is 4.74 Å². The van der Waals surface area contributed by atoms with Crippen LogP contribution >= 0.6 is 22.6 Å². The van der Waals surface area contributed by atoms with Gasteiger partial charge < -0.3 is 10.1 Å². The van der Waals surface area contributed by atoms with Crippen LogP contribution in [0, 0.1) is 10.5 Å². The van der Waals surface area contributed by atoms with Crippen molar-refractivity contribution in [2.24, 2.45) is 0 Å². The predicted octanol–water partition coefficient (Wildman–Crippen LogP) is 4.25. The van der Waals surface area contributed by atoms with Crippen LogP contribution in [0.5, 0.6) is 5.75 Å².